The Balaban J connectivity index is 1.66. The number of hydrogen-bond acceptors (Lipinski definition) is 2. The van der Waals surface area contributed by atoms with Crippen LogP contribution in [0.5, 0.6) is 0 Å². The lowest BCUT2D eigenvalue weighted by atomic mass is 10.1. The SMILES string of the molecule is Cn1cc(C(=O)N[C@@H]2C[C@H]2c2cccc(F)c2)c(Cl)n1. The molecule has 1 fully saturated rings. The van der Waals surface area contributed by atoms with Gasteiger partial charge in [0.2, 0.25) is 0 Å². The maximum absolute atomic E-state index is 13.1. The highest BCUT2D eigenvalue weighted by Gasteiger charge is 2.40. The standard InChI is InChI=1S/C14H13ClFN3O/c1-19-7-11(13(15)18-19)14(20)17-12-6-10(12)8-3-2-4-9(16)5-8/h2-5,7,10,12H,6H2,1H3,(H,17,20)/t10-,12+/m0/s1. The summed E-state index contributed by atoms with van der Waals surface area (Å²) < 4.78 is 14.6. The van der Waals surface area contributed by atoms with E-state index in [0.717, 1.165) is 12.0 Å². The van der Waals surface area contributed by atoms with Crippen molar-refractivity contribution in [3.05, 3.63) is 52.6 Å². The van der Waals surface area contributed by atoms with Crippen LogP contribution in [0.4, 0.5) is 4.39 Å². The molecule has 0 unspecified atom stereocenters. The number of hydrogen-bond donors (Lipinski definition) is 1. The van der Waals surface area contributed by atoms with E-state index >= 15 is 0 Å². The fraction of sp³-hybridized carbons (Fsp3) is 0.286. The van der Waals surface area contributed by atoms with Gasteiger partial charge in [-0.05, 0) is 24.1 Å². The van der Waals surface area contributed by atoms with Crippen molar-refractivity contribution >= 4 is 17.5 Å². The van der Waals surface area contributed by atoms with E-state index in [2.05, 4.69) is 10.4 Å². The Morgan fingerprint density at radius 2 is 2.35 bits per heavy atom. The lowest BCUT2D eigenvalue weighted by Crippen LogP contribution is -2.26. The van der Waals surface area contributed by atoms with Crippen molar-refractivity contribution in [2.24, 2.45) is 7.05 Å². The Morgan fingerprint density at radius 1 is 1.55 bits per heavy atom. The van der Waals surface area contributed by atoms with E-state index in [1.807, 2.05) is 6.07 Å². The summed E-state index contributed by atoms with van der Waals surface area (Å²) in [5.41, 5.74) is 1.27. The molecule has 0 spiro atoms. The maximum Gasteiger partial charge on any atom is 0.256 e. The summed E-state index contributed by atoms with van der Waals surface area (Å²) in [4.78, 5) is 12.1. The second-order valence-electron chi connectivity index (χ2n) is 4.98. The fourth-order valence-corrected chi connectivity index (χ4v) is 2.57. The van der Waals surface area contributed by atoms with Gasteiger partial charge in [-0.3, -0.25) is 9.48 Å². The Labute approximate surface area is 120 Å². The smallest absolute Gasteiger partial charge is 0.256 e. The van der Waals surface area contributed by atoms with Crippen LogP contribution >= 0.6 is 11.6 Å². The summed E-state index contributed by atoms with van der Waals surface area (Å²) >= 11 is 5.88. The molecule has 1 amide bonds. The van der Waals surface area contributed by atoms with Gasteiger partial charge in [-0.1, -0.05) is 23.7 Å². The van der Waals surface area contributed by atoms with E-state index in [9.17, 15) is 9.18 Å². The van der Waals surface area contributed by atoms with Gasteiger partial charge in [0.1, 0.15) is 5.82 Å². The van der Waals surface area contributed by atoms with Crippen LogP contribution in [0.25, 0.3) is 0 Å². The summed E-state index contributed by atoms with van der Waals surface area (Å²) in [6.45, 7) is 0. The molecule has 0 aliphatic heterocycles. The minimum atomic E-state index is -0.255. The average molecular weight is 294 g/mol. The van der Waals surface area contributed by atoms with Gasteiger partial charge in [-0.15, -0.1) is 0 Å². The van der Waals surface area contributed by atoms with Crippen molar-refractivity contribution in [1.82, 2.24) is 15.1 Å². The zero-order chi connectivity index (χ0) is 14.3. The molecule has 0 radical (unpaired) electrons. The highest BCUT2D eigenvalue weighted by atomic mass is 35.5. The second kappa shape index (κ2) is 4.90. The molecular formula is C14H13ClFN3O. The quantitative estimate of drug-likeness (QED) is 0.945. The molecule has 1 aromatic heterocycles. The van der Waals surface area contributed by atoms with Gasteiger partial charge in [-0.2, -0.15) is 5.10 Å². The van der Waals surface area contributed by atoms with Crippen LogP contribution < -0.4 is 5.32 Å². The molecule has 104 valence electrons. The van der Waals surface area contributed by atoms with Crippen LogP contribution in [-0.2, 0) is 7.05 Å². The molecule has 1 aliphatic carbocycles. The highest BCUT2D eigenvalue weighted by molar-refractivity contribution is 6.32. The molecule has 0 saturated heterocycles. The lowest BCUT2D eigenvalue weighted by molar-refractivity contribution is 0.0950. The maximum atomic E-state index is 13.1. The lowest BCUT2D eigenvalue weighted by Gasteiger charge is -2.03. The summed E-state index contributed by atoms with van der Waals surface area (Å²) in [5.74, 6) is -0.327. The minimum Gasteiger partial charge on any atom is -0.349 e. The van der Waals surface area contributed by atoms with E-state index in [4.69, 9.17) is 11.6 Å². The van der Waals surface area contributed by atoms with E-state index in [1.54, 1.807) is 19.3 Å². The van der Waals surface area contributed by atoms with Gasteiger partial charge >= 0.3 is 0 Å². The van der Waals surface area contributed by atoms with Crippen LogP contribution in [0, 0.1) is 5.82 Å². The van der Waals surface area contributed by atoms with E-state index in [1.165, 1.54) is 16.8 Å². The third-order valence-electron chi connectivity index (χ3n) is 3.41. The number of rotatable bonds is 3. The molecule has 2 aromatic rings. The highest BCUT2D eigenvalue weighted by Crippen LogP contribution is 2.41. The Hall–Kier alpha value is -1.88. The molecule has 4 nitrogen and oxygen atoms in total. The van der Waals surface area contributed by atoms with E-state index in [0.29, 0.717) is 5.56 Å². The topological polar surface area (TPSA) is 46.9 Å². The Kier molecular flexibility index (Phi) is 3.22. The predicted molar refractivity (Wildman–Crippen MR) is 73.2 cm³/mol. The summed E-state index contributed by atoms with van der Waals surface area (Å²) in [5, 5.41) is 7.00. The molecule has 1 saturated carbocycles. The number of benzene rings is 1. The molecule has 3 rings (SSSR count). The van der Waals surface area contributed by atoms with Crippen molar-refractivity contribution in [3.63, 3.8) is 0 Å². The molecule has 1 heterocycles. The molecule has 1 aliphatic rings. The van der Waals surface area contributed by atoms with E-state index < -0.39 is 0 Å². The third-order valence-corrected chi connectivity index (χ3v) is 3.69. The average Bonchev–Trinajstić information content (AvgIpc) is 3.06. The fourth-order valence-electron chi connectivity index (χ4n) is 2.32. The molecule has 1 aromatic carbocycles. The van der Waals surface area contributed by atoms with Crippen molar-refractivity contribution in [2.75, 3.05) is 0 Å². The van der Waals surface area contributed by atoms with Gasteiger partial charge in [-0.25, -0.2) is 4.39 Å². The first-order valence-electron chi connectivity index (χ1n) is 6.30. The minimum absolute atomic E-state index is 0.0283. The predicted octanol–water partition coefficient (Wildman–Crippen LogP) is 2.50. The zero-order valence-electron chi connectivity index (χ0n) is 10.8. The Morgan fingerprint density at radius 3 is 3.00 bits per heavy atom. The van der Waals surface area contributed by atoms with E-state index in [-0.39, 0.29) is 28.8 Å². The first-order valence-corrected chi connectivity index (χ1v) is 6.68. The largest absolute Gasteiger partial charge is 0.349 e. The molecule has 2 atom stereocenters. The summed E-state index contributed by atoms with van der Waals surface area (Å²) in [6, 6.07) is 6.50. The number of nitrogens with one attached hydrogen (secondary N) is 1. The van der Waals surface area contributed by atoms with Gasteiger partial charge in [0.25, 0.3) is 5.91 Å². The van der Waals surface area contributed by atoms with Gasteiger partial charge in [0, 0.05) is 25.2 Å². The van der Waals surface area contributed by atoms with Crippen LogP contribution in [0.2, 0.25) is 5.15 Å². The van der Waals surface area contributed by atoms with Crippen molar-refractivity contribution in [2.45, 2.75) is 18.4 Å². The summed E-state index contributed by atoms with van der Waals surface area (Å²) in [6.07, 6.45) is 2.39. The van der Waals surface area contributed by atoms with Gasteiger partial charge in [0.05, 0.1) is 5.56 Å². The van der Waals surface area contributed by atoms with Crippen molar-refractivity contribution in [3.8, 4) is 0 Å². The number of halogens is 2. The molecular weight excluding hydrogens is 281 g/mol. The molecule has 0 bridgehead atoms. The first kappa shape index (κ1) is 13.1. The van der Waals surface area contributed by atoms with Crippen molar-refractivity contribution < 1.29 is 9.18 Å². The number of aromatic nitrogens is 2. The number of carbonyl (C=O) groups is 1. The summed E-state index contributed by atoms with van der Waals surface area (Å²) in [7, 11) is 1.70. The van der Waals surface area contributed by atoms with Crippen LogP contribution in [-0.4, -0.2) is 21.7 Å². The number of nitrogens with zero attached hydrogens (tertiary/aromatic N) is 2. The number of carbonyl (C=O) groups excluding carboxylic acids is 1. The zero-order valence-corrected chi connectivity index (χ0v) is 11.6. The Bertz CT molecular complexity index is 670. The second-order valence-corrected chi connectivity index (χ2v) is 5.34. The van der Waals surface area contributed by atoms with Gasteiger partial charge < -0.3 is 5.32 Å². The molecule has 1 N–H and O–H groups in total. The molecule has 6 heteroatoms. The normalized spacial score (nSPS) is 20.8. The number of amides is 1. The van der Waals surface area contributed by atoms with Gasteiger partial charge in [0.15, 0.2) is 5.15 Å². The first-order chi connectivity index (χ1) is 9.54. The van der Waals surface area contributed by atoms with Crippen LogP contribution in [0.1, 0.15) is 28.3 Å². The third kappa shape index (κ3) is 2.54. The van der Waals surface area contributed by atoms with Crippen molar-refractivity contribution in [1.29, 1.82) is 0 Å². The monoisotopic (exact) mass is 293 g/mol. The molecule has 20 heavy (non-hydrogen) atoms. The van der Waals surface area contributed by atoms with Crippen LogP contribution in [0.15, 0.2) is 30.5 Å². The number of aryl methyl sites for hydroxylation is 1. The van der Waals surface area contributed by atoms with Crippen LogP contribution in [0.3, 0.4) is 0 Å².